The molecule has 0 fully saturated rings. The van der Waals surface area contributed by atoms with E-state index in [1.807, 2.05) is 0 Å². The summed E-state index contributed by atoms with van der Waals surface area (Å²) in [5, 5.41) is -0.486. The molecule has 0 radical (unpaired) electrons. The fourth-order valence-electron chi connectivity index (χ4n) is 1.24. The van der Waals surface area contributed by atoms with E-state index in [0.717, 1.165) is 12.8 Å². The van der Waals surface area contributed by atoms with Crippen molar-refractivity contribution >= 4 is 35.0 Å². The topological polar surface area (TPSA) is 43.4 Å². The van der Waals surface area contributed by atoms with Crippen LogP contribution in [-0.2, 0) is 14.3 Å². The fourth-order valence-corrected chi connectivity index (χ4v) is 1.69. The lowest BCUT2D eigenvalue weighted by atomic mass is 10.1. The number of esters is 1. The van der Waals surface area contributed by atoms with Crippen molar-refractivity contribution in [3.8, 4) is 0 Å². The number of Topliss-reactive ketones (excluding diaryl/α,β-unsaturated/α-hetero) is 1. The molecule has 0 aromatic rings. The zero-order valence-electron chi connectivity index (χ0n) is 9.51. The van der Waals surface area contributed by atoms with Crippen LogP contribution in [-0.4, -0.2) is 30.1 Å². The number of methoxy groups -OCH3 is 1. The maximum Gasteiger partial charge on any atom is 0.305 e. The second kappa shape index (κ2) is 9.91. The van der Waals surface area contributed by atoms with Gasteiger partial charge in [0.25, 0.3) is 0 Å². The molecule has 1 unspecified atom stereocenters. The van der Waals surface area contributed by atoms with Crippen molar-refractivity contribution < 1.29 is 14.3 Å². The number of hydrogen-bond donors (Lipinski definition) is 0. The molecule has 0 rings (SSSR count). The van der Waals surface area contributed by atoms with Crippen LogP contribution >= 0.6 is 23.2 Å². The zero-order chi connectivity index (χ0) is 12.4. The van der Waals surface area contributed by atoms with Crippen molar-refractivity contribution in [3.63, 3.8) is 0 Å². The van der Waals surface area contributed by atoms with Crippen LogP contribution in [0.5, 0.6) is 0 Å². The van der Waals surface area contributed by atoms with Gasteiger partial charge in [0.2, 0.25) is 0 Å². The summed E-state index contributed by atoms with van der Waals surface area (Å²) in [6.07, 6.45) is 3.51. The van der Waals surface area contributed by atoms with Gasteiger partial charge in [-0.25, -0.2) is 0 Å². The third-order valence-corrected chi connectivity index (χ3v) is 2.95. The van der Waals surface area contributed by atoms with E-state index in [2.05, 4.69) is 4.74 Å². The van der Waals surface area contributed by atoms with E-state index in [4.69, 9.17) is 23.2 Å². The van der Waals surface area contributed by atoms with Crippen molar-refractivity contribution in [2.75, 3.05) is 13.0 Å². The number of ether oxygens (including phenoxy) is 1. The molecule has 3 nitrogen and oxygen atoms in total. The maximum absolute atomic E-state index is 11.5. The molecule has 0 aliphatic carbocycles. The van der Waals surface area contributed by atoms with Gasteiger partial charge in [0, 0.05) is 18.7 Å². The van der Waals surface area contributed by atoms with Crippen LogP contribution in [0.15, 0.2) is 0 Å². The third kappa shape index (κ3) is 7.94. The number of halogens is 2. The van der Waals surface area contributed by atoms with Crippen molar-refractivity contribution in [2.24, 2.45) is 0 Å². The quantitative estimate of drug-likeness (QED) is 0.367. The summed E-state index contributed by atoms with van der Waals surface area (Å²) >= 11 is 11.4. The Kier molecular flexibility index (Phi) is 9.74. The number of unbranched alkanes of at least 4 members (excludes halogenated alkanes) is 1. The fraction of sp³-hybridized carbons (Fsp3) is 0.818. The summed E-state index contributed by atoms with van der Waals surface area (Å²) in [5.41, 5.74) is 0. The van der Waals surface area contributed by atoms with Crippen LogP contribution in [0.1, 0.15) is 38.5 Å². The lowest BCUT2D eigenvalue weighted by Crippen LogP contribution is -2.15. The van der Waals surface area contributed by atoms with Gasteiger partial charge in [-0.05, 0) is 25.7 Å². The normalized spacial score (nSPS) is 12.2. The Labute approximate surface area is 106 Å². The highest BCUT2D eigenvalue weighted by molar-refractivity contribution is 6.31. The van der Waals surface area contributed by atoms with E-state index in [0.29, 0.717) is 31.6 Å². The van der Waals surface area contributed by atoms with E-state index in [9.17, 15) is 9.59 Å². The van der Waals surface area contributed by atoms with E-state index >= 15 is 0 Å². The minimum absolute atomic E-state index is 0.0386. The van der Waals surface area contributed by atoms with E-state index in [1.165, 1.54) is 7.11 Å². The third-order valence-electron chi connectivity index (χ3n) is 2.22. The first-order chi connectivity index (χ1) is 7.61. The minimum atomic E-state index is -0.486. The van der Waals surface area contributed by atoms with Gasteiger partial charge < -0.3 is 4.74 Å². The van der Waals surface area contributed by atoms with Gasteiger partial charge in [-0.3, -0.25) is 9.59 Å². The number of rotatable bonds is 9. The van der Waals surface area contributed by atoms with Gasteiger partial charge in [0.1, 0.15) is 0 Å². The summed E-state index contributed by atoms with van der Waals surface area (Å²) in [7, 11) is 1.35. The van der Waals surface area contributed by atoms with Crippen molar-refractivity contribution in [1.82, 2.24) is 0 Å². The Morgan fingerprint density at radius 3 is 2.44 bits per heavy atom. The molecule has 0 aliphatic rings. The average molecular weight is 269 g/mol. The molecule has 16 heavy (non-hydrogen) atoms. The molecular weight excluding hydrogens is 251 g/mol. The van der Waals surface area contributed by atoms with Crippen molar-refractivity contribution in [2.45, 2.75) is 43.9 Å². The molecule has 0 saturated carbocycles. The SMILES string of the molecule is COC(=O)CCCC(Cl)C(=O)CCCCCl. The summed E-state index contributed by atoms with van der Waals surface area (Å²) < 4.78 is 4.49. The van der Waals surface area contributed by atoms with Crippen LogP contribution in [0.3, 0.4) is 0 Å². The van der Waals surface area contributed by atoms with Gasteiger partial charge in [0.05, 0.1) is 12.5 Å². The number of ketones is 1. The smallest absolute Gasteiger partial charge is 0.305 e. The number of carbonyl (C=O) groups excluding carboxylic acids is 2. The van der Waals surface area contributed by atoms with Gasteiger partial charge in [-0.2, -0.15) is 0 Å². The molecule has 0 heterocycles. The van der Waals surface area contributed by atoms with Crippen LogP contribution in [0, 0.1) is 0 Å². The summed E-state index contributed by atoms with van der Waals surface area (Å²) in [5.74, 6) is 0.345. The predicted molar refractivity (Wildman–Crippen MR) is 65.1 cm³/mol. The van der Waals surface area contributed by atoms with Crippen LogP contribution < -0.4 is 0 Å². The Hall–Kier alpha value is -0.280. The second-order valence-corrected chi connectivity index (χ2v) is 4.45. The molecule has 0 saturated heterocycles. The van der Waals surface area contributed by atoms with Crippen molar-refractivity contribution in [3.05, 3.63) is 0 Å². The highest BCUT2D eigenvalue weighted by Crippen LogP contribution is 2.13. The lowest BCUT2D eigenvalue weighted by molar-refractivity contribution is -0.140. The molecule has 0 spiro atoms. The van der Waals surface area contributed by atoms with Gasteiger partial charge in [0.15, 0.2) is 5.78 Å². The standard InChI is InChI=1S/C11H18Cl2O3/c1-16-11(15)7-4-5-9(13)10(14)6-2-3-8-12/h9H,2-8H2,1H3. The first-order valence-electron chi connectivity index (χ1n) is 5.41. The van der Waals surface area contributed by atoms with Gasteiger partial charge in [-0.15, -0.1) is 23.2 Å². The second-order valence-electron chi connectivity index (χ2n) is 3.55. The number of alkyl halides is 2. The van der Waals surface area contributed by atoms with Crippen LogP contribution in [0.2, 0.25) is 0 Å². The summed E-state index contributed by atoms with van der Waals surface area (Å²) in [6, 6.07) is 0. The van der Waals surface area contributed by atoms with Gasteiger partial charge >= 0.3 is 5.97 Å². The summed E-state index contributed by atoms with van der Waals surface area (Å²) in [6.45, 7) is 0. The van der Waals surface area contributed by atoms with E-state index in [1.54, 1.807) is 0 Å². The first-order valence-corrected chi connectivity index (χ1v) is 6.38. The lowest BCUT2D eigenvalue weighted by Gasteiger charge is -2.07. The largest absolute Gasteiger partial charge is 0.469 e. The molecule has 0 aromatic carbocycles. The van der Waals surface area contributed by atoms with Crippen LogP contribution in [0.25, 0.3) is 0 Å². The number of carbonyl (C=O) groups is 2. The monoisotopic (exact) mass is 268 g/mol. The molecule has 0 aliphatic heterocycles. The summed E-state index contributed by atoms with van der Waals surface area (Å²) in [4.78, 5) is 22.3. The Morgan fingerprint density at radius 2 is 1.88 bits per heavy atom. The minimum Gasteiger partial charge on any atom is -0.469 e. The number of hydrogen-bond acceptors (Lipinski definition) is 3. The predicted octanol–water partition coefficient (Wildman–Crippen LogP) is 2.92. The maximum atomic E-state index is 11.5. The highest BCUT2D eigenvalue weighted by Gasteiger charge is 2.15. The van der Waals surface area contributed by atoms with Crippen LogP contribution in [0.4, 0.5) is 0 Å². The van der Waals surface area contributed by atoms with Gasteiger partial charge in [-0.1, -0.05) is 0 Å². The Bertz CT molecular complexity index is 219. The first kappa shape index (κ1) is 15.7. The molecule has 1 atom stereocenters. The molecule has 0 bridgehead atoms. The van der Waals surface area contributed by atoms with E-state index < -0.39 is 5.38 Å². The average Bonchev–Trinajstić information content (AvgIpc) is 2.28. The van der Waals surface area contributed by atoms with Crippen molar-refractivity contribution in [1.29, 1.82) is 0 Å². The highest BCUT2D eigenvalue weighted by atomic mass is 35.5. The van der Waals surface area contributed by atoms with E-state index in [-0.39, 0.29) is 11.8 Å². The molecule has 0 aromatic heterocycles. The molecule has 0 amide bonds. The molecule has 0 N–H and O–H groups in total. The zero-order valence-corrected chi connectivity index (χ0v) is 11.0. The molecule has 94 valence electrons. The molecular formula is C11H18Cl2O3. The Balaban J connectivity index is 3.58. The Morgan fingerprint density at radius 1 is 1.19 bits per heavy atom. The molecule has 5 heteroatoms.